The number of H-pyrrole nitrogens is 1. The van der Waals surface area contributed by atoms with Gasteiger partial charge in [0.2, 0.25) is 0 Å². The number of hydrogen-bond acceptors (Lipinski definition) is 5. The van der Waals surface area contributed by atoms with Crippen LogP contribution in [0.3, 0.4) is 0 Å². The SMILES string of the molecule is N#Cc1ccc(N2C(=O)C(=CC(=O)c3c[nH]c4ccccc34)SC2=S)cc1. The Morgan fingerprint density at radius 2 is 1.93 bits per heavy atom. The molecule has 1 fully saturated rings. The molecule has 7 heteroatoms. The average molecular weight is 389 g/mol. The number of para-hydroxylation sites is 1. The van der Waals surface area contributed by atoms with Crippen molar-refractivity contribution in [3.63, 3.8) is 0 Å². The molecule has 1 amide bonds. The molecule has 2 aromatic carbocycles. The summed E-state index contributed by atoms with van der Waals surface area (Å²) in [6.07, 6.45) is 2.98. The van der Waals surface area contributed by atoms with E-state index >= 15 is 0 Å². The molecule has 1 aromatic heterocycles. The number of thiocarbonyl (C=S) groups is 1. The molecule has 130 valence electrons. The number of aromatic nitrogens is 1. The van der Waals surface area contributed by atoms with Crippen molar-refractivity contribution >= 4 is 56.6 Å². The zero-order valence-corrected chi connectivity index (χ0v) is 15.4. The molecular formula is C20H11N3O2S2. The van der Waals surface area contributed by atoms with E-state index < -0.39 is 0 Å². The summed E-state index contributed by atoms with van der Waals surface area (Å²) < 4.78 is 0.350. The van der Waals surface area contributed by atoms with Crippen LogP contribution in [0.4, 0.5) is 5.69 Å². The number of carbonyl (C=O) groups excluding carboxylic acids is 2. The van der Waals surface area contributed by atoms with Gasteiger partial charge in [-0.15, -0.1) is 0 Å². The quantitative estimate of drug-likeness (QED) is 0.413. The molecule has 27 heavy (non-hydrogen) atoms. The number of thioether (sulfide) groups is 1. The van der Waals surface area contributed by atoms with Crippen molar-refractivity contribution in [2.24, 2.45) is 0 Å². The number of amides is 1. The topological polar surface area (TPSA) is 77.0 Å². The molecule has 0 unspecified atom stereocenters. The first-order valence-electron chi connectivity index (χ1n) is 7.97. The molecule has 0 radical (unpaired) electrons. The molecule has 3 aromatic rings. The summed E-state index contributed by atoms with van der Waals surface area (Å²) in [5.41, 5.74) is 2.43. The van der Waals surface area contributed by atoms with Crippen molar-refractivity contribution in [2.75, 3.05) is 4.90 Å². The Morgan fingerprint density at radius 1 is 1.19 bits per heavy atom. The van der Waals surface area contributed by atoms with E-state index in [1.165, 1.54) is 11.0 Å². The monoisotopic (exact) mass is 389 g/mol. The minimum Gasteiger partial charge on any atom is -0.360 e. The lowest BCUT2D eigenvalue weighted by Crippen LogP contribution is -2.27. The van der Waals surface area contributed by atoms with Gasteiger partial charge >= 0.3 is 0 Å². The van der Waals surface area contributed by atoms with E-state index in [9.17, 15) is 9.59 Å². The number of aromatic amines is 1. The van der Waals surface area contributed by atoms with Gasteiger partial charge in [0.1, 0.15) is 0 Å². The highest BCUT2D eigenvalue weighted by atomic mass is 32.2. The number of benzene rings is 2. The lowest BCUT2D eigenvalue weighted by atomic mass is 10.1. The van der Waals surface area contributed by atoms with E-state index in [1.807, 2.05) is 30.3 Å². The highest BCUT2D eigenvalue weighted by Crippen LogP contribution is 2.35. The van der Waals surface area contributed by atoms with E-state index in [0.29, 0.717) is 21.1 Å². The van der Waals surface area contributed by atoms with Crippen LogP contribution in [0.25, 0.3) is 10.9 Å². The number of nitrogens with one attached hydrogen (secondary N) is 1. The molecule has 2 heterocycles. The van der Waals surface area contributed by atoms with Gasteiger partial charge in [0.25, 0.3) is 5.91 Å². The molecule has 0 saturated carbocycles. The summed E-state index contributed by atoms with van der Waals surface area (Å²) in [6.45, 7) is 0. The number of allylic oxidation sites excluding steroid dienone is 1. The maximum atomic E-state index is 12.8. The van der Waals surface area contributed by atoms with E-state index in [-0.39, 0.29) is 16.6 Å². The summed E-state index contributed by atoms with van der Waals surface area (Å²) in [4.78, 5) is 30.2. The van der Waals surface area contributed by atoms with Gasteiger partial charge in [-0.3, -0.25) is 14.5 Å². The first-order chi connectivity index (χ1) is 13.1. The van der Waals surface area contributed by atoms with E-state index in [0.717, 1.165) is 22.7 Å². The number of nitrogens with zero attached hydrogens (tertiary/aromatic N) is 2. The zero-order chi connectivity index (χ0) is 19.0. The van der Waals surface area contributed by atoms with Gasteiger partial charge in [-0.25, -0.2) is 0 Å². The van der Waals surface area contributed by atoms with E-state index in [2.05, 4.69) is 4.98 Å². The number of ketones is 1. The van der Waals surface area contributed by atoms with Crippen molar-refractivity contribution in [2.45, 2.75) is 0 Å². The number of fused-ring (bicyclic) bond motifs is 1. The van der Waals surface area contributed by atoms with E-state index in [4.69, 9.17) is 17.5 Å². The minimum absolute atomic E-state index is 0.257. The highest BCUT2D eigenvalue weighted by Gasteiger charge is 2.34. The van der Waals surface area contributed by atoms with Crippen molar-refractivity contribution in [3.8, 4) is 6.07 Å². The van der Waals surface area contributed by atoms with Gasteiger partial charge in [-0.05, 0) is 30.3 Å². The van der Waals surface area contributed by atoms with Crippen molar-refractivity contribution in [1.29, 1.82) is 5.26 Å². The van der Waals surface area contributed by atoms with Crippen LogP contribution in [0, 0.1) is 11.3 Å². The Morgan fingerprint density at radius 3 is 2.67 bits per heavy atom. The summed E-state index contributed by atoms with van der Waals surface area (Å²) >= 11 is 6.40. The van der Waals surface area contributed by atoms with Gasteiger partial charge in [-0.1, -0.05) is 42.2 Å². The third kappa shape index (κ3) is 3.05. The largest absolute Gasteiger partial charge is 0.360 e. The Bertz CT molecular complexity index is 1170. The third-order valence-corrected chi connectivity index (χ3v) is 5.47. The molecule has 1 N–H and O–H groups in total. The first-order valence-corrected chi connectivity index (χ1v) is 9.19. The van der Waals surface area contributed by atoms with Gasteiger partial charge in [-0.2, -0.15) is 5.26 Å². The fraction of sp³-hybridized carbons (Fsp3) is 0. The van der Waals surface area contributed by atoms with Crippen LogP contribution in [-0.4, -0.2) is 21.0 Å². The maximum absolute atomic E-state index is 12.8. The van der Waals surface area contributed by atoms with Crippen molar-refractivity contribution in [1.82, 2.24) is 4.98 Å². The number of nitriles is 1. The minimum atomic E-state index is -0.345. The molecule has 0 bridgehead atoms. The predicted molar refractivity (Wildman–Crippen MR) is 110 cm³/mol. The molecule has 1 saturated heterocycles. The van der Waals surface area contributed by atoms with Gasteiger partial charge < -0.3 is 4.98 Å². The Hall–Kier alpha value is -3.21. The smallest absolute Gasteiger partial charge is 0.270 e. The lowest BCUT2D eigenvalue weighted by Gasteiger charge is -2.14. The fourth-order valence-electron chi connectivity index (χ4n) is 2.85. The maximum Gasteiger partial charge on any atom is 0.270 e. The number of rotatable bonds is 3. The molecule has 1 aliphatic rings. The summed E-state index contributed by atoms with van der Waals surface area (Å²) in [7, 11) is 0. The second-order valence-corrected chi connectivity index (χ2v) is 7.46. The second kappa shape index (κ2) is 6.83. The average Bonchev–Trinajstić information content (AvgIpc) is 3.23. The van der Waals surface area contributed by atoms with Crippen LogP contribution in [-0.2, 0) is 4.79 Å². The van der Waals surface area contributed by atoms with Crippen LogP contribution in [0.1, 0.15) is 15.9 Å². The van der Waals surface area contributed by atoms with Crippen LogP contribution in [0.15, 0.2) is 65.7 Å². The highest BCUT2D eigenvalue weighted by molar-refractivity contribution is 8.27. The van der Waals surface area contributed by atoms with Crippen molar-refractivity contribution in [3.05, 3.63) is 76.8 Å². The normalized spacial score (nSPS) is 15.5. The zero-order valence-electron chi connectivity index (χ0n) is 13.8. The van der Waals surface area contributed by atoms with Crippen LogP contribution >= 0.6 is 24.0 Å². The number of anilines is 1. The summed E-state index contributed by atoms with van der Waals surface area (Å²) in [5.74, 6) is -0.601. The first kappa shape index (κ1) is 17.2. The summed E-state index contributed by atoms with van der Waals surface area (Å²) in [6, 6.07) is 16.1. The van der Waals surface area contributed by atoms with E-state index in [1.54, 1.807) is 30.5 Å². The van der Waals surface area contributed by atoms with Gasteiger partial charge in [0, 0.05) is 28.7 Å². The molecule has 1 aliphatic heterocycles. The van der Waals surface area contributed by atoms with Gasteiger partial charge in [0.05, 0.1) is 22.2 Å². The Labute approximate surface area is 164 Å². The molecule has 0 atom stereocenters. The van der Waals surface area contributed by atoms with Crippen LogP contribution < -0.4 is 4.90 Å². The summed E-state index contributed by atoms with van der Waals surface area (Å²) in [5, 5.41) is 9.70. The Kier molecular flexibility index (Phi) is 4.36. The molecule has 5 nitrogen and oxygen atoms in total. The van der Waals surface area contributed by atoms with Gasteiger partial charge in [0.15, 0.2) is 10.1 Å². The number of carbonyl (C=O) groups is 2. The third-order valence-electron chi connectivity index (χ3n) is 4.17. The van der Waals surface area contributed by atoms with Crippen molar-refractivity contribution < 1.29 is 9.59 Å². The molecule has 4 rings (SSSR count). The lowest BCUT2D eigenvalue weighted by molar-refractivity contribution is -0.113. The second-order valence-electron chi connectivity index (χ2n) is 5.79. The molecule has 0 spiro atoms. The number of hydrogen-bond donors (Lipinski definition) is 1. The fourth-order valence-corrected chi connectivity index (χ4v) is 4.12. The molecule has 0 aliphatic carbocycles. The van der Waals surface area contributed by atoms with Crippen LogP contribution in [0.2, 0.25) is 0 Å². The predicted octanol–water partition coefficient (Wildman–Crippen LogP) is 4.17. The standard InChI is InChI=1S/C20H11N3O2S2/c21-10-12-5-7-13(8-6-12)23-19(25)18(27-20(23)26)9-17(24)15-11-22-16-4-2-1-3-14(15)16/h1-9,11,22H. The molecular weight excluding hydrogens is 378 g/mol. The van der Waals surface area contributed by atoms with Crippen LogP contribution in [0.5, 0.6) is 0 Å². The Balaban J connectivity index is 1.64.